The van der Waals surface area contributed by atoms with Crippen LogP contribution in [0.25, 0.3) is 0 Å². The van der Waals surface area contributed by atoms with Gasteiger partial charge in [-0.1, -0.05) is 18.6 Å². The lowest BCUT2D eigenvalue weighted by molar-refractivity contribution is -0.131. The average Bonchev–Trinajstić information content (AvgIpc) is 2.25. The Morgan fingerprint density at radius 1 is 1.47 bits per heavy atom. The van der Waals surface area contributed by atoms with Gasteiger partial charge in [-0.05, 0) is 30.5 Å². The average molecular weight is 249 g/mol. The third-order valence-electron chi connectivity index (χ3n) is 3.32. The molecule has 4 nitrogen and oxygen atoms in total. The minimum atomic E-state index is -0.595. The van der Waals surface area contributed by atoms with Gasteiger partial charge in [0.15, 0.2) is 0 Å². The van der Waals surface area contributed by atoms with E-state index in [9.17, 15) is 4.79 Å². The van der Waals surface area contributed by atoms with Crippen LogP contribution in [0.3, 0.4) is 0 Å². The van der Waals surface area contributed by atoms with Gasteiger partial charge in [-0.15, -0.1) is 0 Å². The molecule has 17 heavy (non-hydrogen) atoms. The van der Waals surface area contributed by atoms with E-state index in [1.807, 2.05) is 12.1 Å². The number of aromatic nitrogens is 1. The third-order valence-corrected chi connectivity index (χ3v) is 3.71. The van der Waals surface area contributed by atoms with Gasteiger partial charge in [0, 0.05) is 18.9 Å². The lowest BCUT2D eigenvalue weighted by Gasteiger charge is -2.39. The van der Waals surface area contributed by atoms with E-state index in [0.717, 1.165) is 24.8 Å². The van der Waals surface area contributed by atoms with Crippen LogP contribution in [-0.2, 0) is 11.3 Å². The summed E-state index contributed by atoms with van der Waals surface area (Å²) in [6.45, 7) is 0.492. The van der Waals surface area contributed by atoms with Crippen molar-refractivity contribution in [2.45, 2.75) is 25.8 Å². The van der Waals surface area contributed by atoms with E-state index in [0.29, 0.717) is 11.5 Å². The van der Waals surface area contributed by atoms with Crippen LogP contribution in [0.4, 0.5) is 0 Å². The normalized spacial score (nSPS) is 16.9. The molecule has 1 aromatic heterocycles. The van der Waals surface area contributed by atoms with Gasteiger partial charge in [0.1, 0.15) is 0 Å². The van der Waals surface area contributed by atoms with E-state index in [1.54, 1.807) is 12.4 Å². The van der Waals surface area contributed by atoms with E-state index in [4.69, 9.17) is 18.0 Å². The van der Waals surface area contributed by atoms with Crippen LogP contribution in [0, 0.1) is 5.41 Å². The molecule has 90 valence electrons. The van der Waals surface area contributed by atoms with Gasteiger partial charge in [0.25, 0.3) is 0 Å². The lowest BCUT2D eigenvalue weighted by atomic mass is 9.68. The zero-order valence-corrected chi connectivity index (χ0v) is 10.3. The van der Waals surface area contributed by atoms with Crippen molar-refractivity contribution in [2.24, 2.45) is 11.1 Å². The maximum atomic E-state index is 12.1. The second-order valence-electron chi connectivity index (χ2n) is 4.34. The van der Waals surface area contributed by atoms with Gasteiger partial charge in [0.2, 0.25) is 5.91 Å². The van der Waals surface area contributed by atoms with Gasteiger partial charge in [-0.25, -0.2) is 0 Å². The minimum Gasteiger partial charge on any atom is -0.392 e. The Kier molecular flexibility index (Phi) is 3.38. The topological polar surface area (TPSA) is 68.0 Å². The second-order valence-corrected chi connectivity index (χ2v) is 4.78. The molecule has 1 heterocycles. The first-order valence-electron chi connectivity index (χ1n) is 5.62. The summed E-state index contributed by atoms with van der Waals surface area (Å²) in [4.78, 5) is 16.3. The predicted octanol–water partition coefficient (Wildman–Crippen LogP) is 1.15. The van der Waals surface area contributed by atoms with Crippen LogP contribution < -0.4 is 11.1 Å². The lowest BCUT2D eigenvalue weighted by Crippen LogP contribution is -2.52. The molecular weight excluding hydrogens is 234 g/mol. The number of amides is 1. The van der Waals surface area contributed by atoms with E-state index in [2.05, 4.69) is 10.3 Å². The van der Waals surface area contributed by atoms with Gasteiger partial charge in [-0.3, -0.25) is 9.78 Å². The molecule has 1 aromatic rings. The van der Waals surface area contributed by atoms with Crippen LogP contribution in [0.15, 0.2) is 24.5 Å². The summed E-state index contributed by atoms with van der Waals surface area (Å²) < 4.78 is 0. The first-order chi connectivity index (χ1) is 8.15. The van der Waals surface area contributed by atoms with Crippen molar-refractivity contribution in [1.82, 2.24) is 10.3 Å². The van der Waals surface area contributed by atoms with Crippen LogP contribution in [0.1, 0.15) is 24.8 Å². The van der Waals surface area contributed by atoms with Gasteiger partial charge in [0.05, 0.1) is 10.4 Å². The maximum Gasteiger partial charge on any atom is 0.233 e. The fourth-order valence-electron chi connectivity index (χ4n) is 1.97. The zero-order chi connectivity index (χ0) is 12.3. The molecule has 1 fully saturated rings. The highest BCUT2D eigenvalue weighted by atomic mass is 32.1. The molecule has 1 saturated carbocycles. The SMILES string of the molecule is NC(=S)C1(C(=O)NCc2ccncc2)CCC1. The molecule has 1 aliphatic carbocycles. The van der Waals surface area contributed by atoms with E-state index >= 15 is 0 Å². The van der Waals surface area contributed by atoms with Crippen LogP contribution in [0.2, 0.25) is 0 Å². The van der Waals surface area contributed by atoms with E-state index in [1.165, 1.54) is 0 Å². The number of pyridine rings is 1. The Bertz CT molecular complexity index is 429. The number of hydrogen-bond acceptors (Lipinski definition) is 3. The Morgan fingerprint density at radius 2 is 2.12 bits per heavy atom. The molecule has 0 aliphatic heterocycles. The van der Waals surface area contributed by atoms with Gasteiger partial charge < -0.3 is 11.1 Å². The van der Waals surface area contributed by atoms with Crippen molar-refractivity contribution in [3.8, 4) is 0 Å². The molecule has 0 unspecified atom stereocenters. The molecule has 0 spiro atoms. The zero-order valence-electron chi connectivity index (χ0n) is 9.48. The summed E-state index contributed by atoms with van der Waals surface area (Å²) in [5, 5.41) is 2.89. The summed E-state index contributed by atoms with van der Waals surface area (Å²) in [5.74, 6) is -0.0481. The number of thiocarbonyl (C=S) groups is 1. The molecule has 0 saturated heterocycles. The number of carbonyl (C=O) groups excluding carboxylic acids is 1. The molecule has 0 atom stereocenters. The maximum absolute atomic E-state index is 12.1. The van der Waals surface area contributed by atoms with Crippen LogP contribution in [0.5, 0.6) is 0 Å². The molecular formula is C12H15N3OS. The monoisotopic (exact) mass is 249 g/mol. The Labute approximate surface area is 106 Å². The third kappa shape index (κ3) is 2.29. The van der Waals surface area contributed by atoms with Crippen LogP contribution >= 0.6 is 12.2 Å². The van der Waals surface area contributed by atoms with E-state index < -0.39 is 5.41 Å². The molecule has 1 aliphatic rings. The number of carbonyl (C=O) groups is 1. The summed E-state index contributed by atoms with van der Waals surface area (Å²) in [7, 11) is 0. The Balaban J connectivity index is 1.96. The van der Waals surface area contributed by atoms with Crippen LogP contribution in [-0.4, -0.2) is 15.9 Å². The van der Waals surface area contributed by atoms with Gasteiger partial charge >= 0.3 is 0 Å². The summed E-state index contributed by atoms with van der Waals surface area (Å²) >= 11 is 4.99. The van der Waals surface area contributed by atoms with E-state index in [-0.39, 0.29) is 5.91 Å². The first kappa shape index (κ1) is 12.0. The predicted molar refractivity (Wildman–Crippen MR) is 69.2 cm³/mol. The molecule has 3 N–H and O–H groups in total. The first-order valence-corrected chi connectivity index (χ1v) is 6.03. The van der Waals surface area contributed by atoms with Crippen molar-refractivity contribution in [1.29, 1.82) is 0 Å². The van der Waals surface area contributed by atoms with Crippen molar-refractivity contribution >= 4 is 23.1 Å². The highest BCUT2D eigenvalue weighted by Crippen LogP contribution is 2.41. The number of nitrogens with two attached hydrogens (primary N) is 1. The fraction of sp³-hybridized carbons (Fsp3) is 0.417. The second kappa shape index (κ2) is 4.79. The van der Waals surface area contributed by atoms with Crippen molar-refractivity contribution in [2.75, 3.05) is 0 Å². The Hall–Kier alpha value is -1.49. The fourth-order valence-corrected chi connectivity index (χ4v) is 2.26. The molecule has 0 bridgehead atoms. The number of nitrogens with zero attached hydrogens (tertiary/aromatic N) is 1. The smallest absolute Gasteiger partial charge is 0.233 e. The van der Waals surface area contributed by atoms with Crippen molar-refractivity contribution < 1.29 is 4.79 Å². The Morgan fingerprint density at radius 3 is 2.59 bits per heavy atom. The largest absolute Gasteiger partial charge is 0.392 e. The highest BCUT2D eigenvalue weighted by molar-refractivity contribution is 7.80. The number of hydrogen-bond donors (Lipinski definition) is 2. The van der Waals surface area contributed by atoms with Gasteiger partial charge in [-0.2, -0.15) is 0 Å². The minimum absolute atomic E-state index is 0.0481. The summed E-state index contributed by atoms with van der Waals surface area (Å²) in [5.41, 5.74) is 6.09. The number of rotatable bonds is 4. The summed E-state index contributed by atoms with van der Waals surface area (Å²) in [6, 6.07) is 3.74. The van der Waals surface area contributed by atoms with Crippen molar-refractivity contribution in [3.63, 3.8) is 0 Å². The molecule has 0 radical (unpaired) electrons. The summed E-state index contributed by atoms with van der Waals surface area (Å²) in [6.07, 6.45) is 5.96. The highest BCUT2D eigenvalue weighted by Gasteiger charge is 2.46. The molecule has 1 amide bonds. The number of nitrogens with one attached hydrogen (secondary N) is 1. The molecule has 2 rings (SSSR count). The molecule has 5 heteroatoms. The standard InChI is InChI=1S/C12H15N3OS/c13-10(17)12(4-1-5-12)11(16)15-8-9-2-6-14-7-3-9/h2-3,6-7H,1,4-5,8H2,(H2,13,17)(H,15,16). The molecule has 0 aromatic carbocycles. The quantitative estimate of drug-likeness (QED) is 0.786. The van der Waals surface area contributed by atoms with Crippen molar-refractivity contribution in [3.05, 3.63) is 30.1 Å².